The van der Waals surface area contributed by atoms with Gasteiger partial charge in [-0.2, -0.15) is 0 Å². The fourth-order valence-electron chi connectivity index (χ4n) is 3.76. The SMILES string of the molecule is Cc1ccc(C2C(C)C(C)C2c2ccc(C)cc2)cc1. The van der Waals surface area contributed by atoms with E-state index in [1.807, 2.05) is 0 Å². The zero-order valence-corrected chi connectivity index (χ0v) is 12.9. The van der Waals surface area contributed by atoms with E-state index in [9.17, 15) is 0 Å². The van der Waals surface area contributed by atoms with E-state index in [1.165, 1.54) is 22.3 Å². The lowest BCUT2D eigenvalue weighted by Crippen LogP contribution is -2.39. The molecule has 3 rings (SSSR count). The molecule has 0 amide bonds. The fraction of sp³-hybridized carbons (Fsp3) is 0.400. The molecule has 1 aliphatic carbocycles. The van der Waals surface area contributed by atoms with Gasteiger partial charge in [-0.15, -0.1) is 0 Å². The first-order valence-corrected chi connectivity index (χ1v) is 7.71. The smallest absolute Gasteiger partial charge is 0.00620 e. The van der Waals surface area contributed by atoms with Crippen LogP contribution in [0.5, 0.6) is 0 Å². The minimum atomic E-state index is 0.674. The summed E-state index contributed by atoms with van der Waals surface area (Å²) in [6.07, 6.45) is 0. The Morgan fingerprint density at radius 1 is 0.550 bits per heavy atom. The van der Waals surface area contributed by atoms with E-state index in [1.54, 1.807) is 0 Å². The van der Waals surface area contributed by atoms with Crippen LogP contribution in [0.25, 0.3) is 0 Å². The van der Waals surface area contributed by atoms with Crippen LogP contribution in [0.1, 0.15) is 47.9 Å². The lowest BCUT2D eigenvalue weighted by Gasteiger charge is -2.50. The van der Waals surface area contributed by atoms with E-state index < -0.39 is 0 Å². The highest BCUT2D eigenvalue weighted by Gasteiger charge is 2.46. The summed E-state index contributed by atoms with van der Waals surface area (Å²) in [7, 11) is 0. The quantitative estimate of drug-likeness (QED) is 0.676. The Balaban J connectivity index is 1.93. The second kappa shape index (κ2) is 5.09. The van der Waals surface area contributed by atoms with Gasteiger partial charge in [-0.1, -0.05) is 73.5 Å². The van der Waals surface area contributed by atoms with Crippen LogP contribution in [0.4, 0.5) is 0 Å². The van der Waals surface area contributed by atoms with Gasteiger partial charge in [-0.05, 0) is 48.6 Å². The molecule has 2 aromatic carbocycles. The summed E-state index contributed by atoms with van der Waals surface area (Å²) in [6, 6.07) is 18.3. The summed E-state index contributed by atoms with van der Waals surface area (Å²) < 4.78 is 0. The second-order valence-electron chi connectivity index (χ2n) is 6.59. The molecule has 0 bridgehead atoms. The molecule has 0 aliphatic heterocycles. The fourth-order valence-corrected chi connectivity index (χ4v) is 3.76. The summed E-state index contributed by atoms with van der Waals surface area (Å²) in [6.45, 7) is 9.13. The standard InChI is InChI=1S/C20H24/c1-13-5-9-17(10-6-13)19-15(3)16(4)20(19)18-11-7-14(2)8-12-18/h5-12,15-16,19-20H,1-4H3. The third-order valence-electron chi connectivity index (χ3n) is 5.27. The minimum Gasteiger partial charge on any atom is -0.0616 e. The molecule has 0 radical (unpaired) electrons. The molecule has 1 aliphatic rings. The van der Waals surface area contributed by atoms with Crippen LogP contribution < -0.4 is 0 Å². The molecule has 0 spiro atoms. The van der Waals surface area contributed by atoms with Gasteiger partial charge in [-0.3, -0.25) is 0 Å². The maximum absolute atomic E-state index is 2.40. The molecular formula is C20H24. The topological polar surface area (TPSA) is 0 Å². The molecule has 20 heavy (non-hydrogen) atoms. The monoisotopic (exact) mass is 264 g/mol. The third kappa shape index (κ3) is 2.18. The lowest BCUT2D eigenvalue weighted by atomic mass is 9.54. The number of aryl methyl sites for hydroxylation is 2. The average molecular weight is 264 g/mol. The zero-order chi connectivity index (χ0) is 14.3. The van der Waals surface area contributed by atoms with Crippen LogP contribution in [-0.2, 0) is 0 Å². The van der Waals surface area contributed by atoms with Crippen molar-refractivity contribution in [3.8, 4) is 0 Å². The largest absolute Gasteiger partial charge is 0.0616 e. The van der Waals surface area contributed by atoms with Crippen molar-refractivity contribution in [1.82, 2.24) is 0 Å². The Labute approximate surface area is 122 Å². The van der Waals surface area contributed by atoms with Gasteiger partial charge in [0.05, 0.1) is 0 Å². The molecule has 1 saturated carbocycles. The van der Waals surface area contributed by atoms with Crippen molar-refractivity contribution in [2.24, 2.45) is 11.8 Å². The molecule has 0 heterocycles. The van der Waals surface area contributed by atoms with Gasteiger partial charge < -0.3 is 0 Å². The molecule has 0 heteroatoms. The van der Waals surface area contributed by atoms with Crippen molar-refractivity contribution in [2.75, 3.05) is 0 Å². The molecule has 104 valence electrons. The first kappa shape index (κ1) is 13.4. The van der Waals surface area contributed by atoms with Gasteiger partial charge in [0.25, 0.3) is 0 Å². The van der Waals surface area contributed by atoms with E-state index in [-0.39, 0.29) is 0 Å². The van der Waals surface area contributed by atoms with Crippen molar-refractivity contribution < 1.29 is 0 Å². The summed E-state index contributed by atoms with van der Waals surface area (Å²) in [4.78, 5) is 0. The molecule has 0 N–H and O–H groups in total. The number of hydrogen-bond acceptors (Lipinski definition) is 0. The normalized spacial score (nSPS) is 29.0. The van der Waals surface area contributed by atoms with E-state index in [0.29, 0.717) is 11.8 Å². The van der Waals surface area contributed by atoms with Crippen molar-refractivity contribution in [1.29, 1.82) is 0 Å². The van der Waals surface area contributed by atoms with Crippen molar-refractivity contribution in [2.45, 2.75) is 39.5 Å². The van der Waals surface area contributed by atoms with Crippen molar-refractivity contribution >= 4 is 0 Å². The summed E-state index contributed by atoms with van der Waals surface area (Å²) in [5, 5.41) is 0. The van der Waals surface area contributed by atoms with Gasteiger partial charge in [0, 0.05) is 0 Å². The first-order valence-electron chi connectivity index (χ1n) is 7.71. The molecule has 4 unspecified atom stereocenters. The van der Waals surface area contributed by atoms with Gasteiger partial charge in [0.15, 0.2) is 0 Å². The van der Waals surface area contributed by atoms with E-state index in [2.05, 4.69) is 76.2 Å². The highest BCUT2D eigenvalue weighted by Crippen LogP contribution is 2.57. The van der Waals surface area contributed by atoms with Gasteiger partial charge in [0.2, 0.25) is 0 Å². The molecule has 2 aromatic rings. The highest BCUT2D eigenvalue weighted by molar-refractivity contribution is 5.36. The number of hydrogen-bond donors (Lipinski definition) is 0. The number of rotatable bonds is 2. The van der Waals surface area contributed by atoms with Gasteiger partial charge in [-0.25, -0.2) is 0 Å². The van der Waals surface area contributed by atoms with E-state index in [4.69, 9.17) is 0 Å². The summed E-state index contributed by atoms with van der Waals surface area (Å²) >= 11 is 0. The Morgan fingerprint density at radius 2 is 0.850 bits per heavy atom. The predicted molar refractivity (Wildman–Crippen MR) is 86.2 cm³/mol. The van der Waals surface area contributed by atoms with Crippen molar-refractivity contribution in [3.05, 3.63) is 70.8 Å². The van der Waals surface area contributed by atoms with Crippen LogP contribution in [0.3, 0.4) is 0 Å². The van der Waals surface area contributed by atoms with Crippen LogP contribution in [-0.4, -0.2) is 0 Å². The Morgan fingerprint density at radius 3 is 1.15 bits per heavy atom. The number of benzene rings is 2. The molecule has 4 atom stereocenters. The molecule has 0 saturated heterocycles. The molecule has 0 aromatic heterocycles. The lowest BCUT2D eigenvalue weighted by molar-refractivity contribution is 0.123. The third-order valence-corrected chi connectivity index (χ3v) is 5.27. The Kier molecular flexibility index (Phi) is 3.41. The Hall–Kier alpha value is -1.56. The molecular weight excluding hydrogens is 240 g/mol. The van der Waals surface area contributed by atoms with Crippen LogP contribution in [0.2, 0.25) is 0 Å². The highest BCUT2D eigenvalue weighted by atomic mass is 14.5. The average Bonchev–Trinajstić information content (AvgIpc) is 2.46. The van der Waals surface area contributed by atoms with Gasteiger partial charge in [0.1, 0.15) is 0 Å². The zero-order valence-electron chi connectivity index (χ0n) is 12.9. The van der Waals surface area contributed by atoms with Crippen LogP contribution in [0, 0.1) is 25.7 Å². The van der Waals surface area contributed by atoms with Gasteiger partial charge >= 0.3 is 0 Å². The second-order valence-corrected chi connectivity index (χ2v) is 6.59. The maximum atomic E-state index is 2.40. The summed E-state index contributed by atoms with van der Waals surface area (Å²) in [5.41, 5.74) is 5.71. The van der Waals surface area contributed by atoms with Crippen LogP contribution in [0.15, 0.2) is 48.5 Å². The molecule has 1 fully saturated rings. The van der Waals surface area contributed by atoms with E-state index >= 15 is 0 Å². The molecule has 0 nitrogen and oxygen atoms in total. The maximum Gasteiger partial charge on any atom is -0.00620 e. The van der Waals surface area contributed by atoms with Crippen molar-refractivity contribution in [3.63, 3.8) is 0 Å². The van der Waals surface area contributed by atoms with E-state index in [0.717, 1.165) is 11.8 Å². The van der Waals surface area contributed by atoms with Crippen LogP contribution >= 0.6 is 0 Å². The Bertz CT molecular complexity index is 521. The minimum absolute atomic E-state index is 0.674. The first-order chi connectivity index (χ1) is 9.58. The predicted octanol–water partition coefficient (Wildman–Crippen LogP) is 5.46. The summed E-state index contributed by atoms with van der Waals surface area (Å²) in [5.74, 6) is 2.88.